The standard InChI is InChI=1S/C19H23N3O3/c1-24-19(14-25-17-6-3-2-4-7-17)10-5-11-22(13-19)18(23)9-8-16-12-20-15-21-16/h2-4,6-9,12,15H,5,10-11,13-14H2,1H3,(H,20,21)/b9-8+/t19-/m1/s1. The normalized spacial score (nSPS) is 20.8. The second kappa shape index (κ2) is 7.98. The van der Waals surface area contributed by atoms with Crippen LogP contribution in [0.1, 0.15) is 18.5 Å². The summed E-state index contributed by atoms with van der Waals surface area (Å²) in [5.41, 5.74) is 0.321. The van der Waals surface area contributed by atoms with Gasteiger partial charge in [-0.05, 0) is 31.1 Å². The molecule has 25 heavy (non-hydrogen) atoms. The highest BCUT2D eigenvalue weighted by Gasteiger charge is 2.37. The summed E-state index contributed by atoms with van der Waals surface area (Å²) >= 11 is 0. The summed E-state index contributed by atoms with van der Waals surface area (Å²) in [6.45, 7) is 1.66. The number of benzene rings is 1. The van der Waals surface area contributed by atoms with E-state index < -0.39 is 5.60 Å². The molecule has 0 bridgehead atoms. The second-order valence-electron chi connectivity index (χ2n) is 6.19. The SMILES string of the molecule is CO[C@]1(COc2ccccc2)CCCN(C(=O)/C=C/c2cnc[nH]2)C1. The number of nitrogens with zero attached hydrogens (tertiary/aromatic N) is 2. The molecule has 1 saturated heterocycles. The van der Waals surface area contributed by atoms with E-state index in [1.165, 1.54) is 0 Å². The first-order valence-electron chi connectivity index (χ1n) is 8.39. The lowest BCUT2D eigenvalue weighted by Crippen LogP contribution is -2.54. The molecule has 1 aromatic carbocycles. The van der Waals surface area contributed by atoms with Crippen molar-refractivity contribution in [3.63, 3.8) is 0 Å². The Bertz CT molecular complexity index is 700. The number of hydrogen-bond donors (Lipinski definition) is 1. The molecule has 1 fully saturated rings. The molecule has 1 aliphatic heterocycles. The largest absolute Gasteiger partial charge is 0.491 e. The van der Waals surface area contributed by atoms with Crippen molar-refractivity contribution in [2.24, 2.45) is 0 Å². The zero-order chi connectivity index (χ0) is 17.5. The Labute approximate surface area is 147 Å². The summed E-state index contributed by atoms with van der Waals surface area (Å²) in [6, 6.07) is 9.66. The van der Waals surface area contributed by atoms with E-state index in [-0.39, 0.29) is 5.91 Å². The molecule has 0 saturated carbocycles. The van der Waals surface area contributed by atoms with Crippen molar-refractivity contribution in [1.82, 2.24) is 14.9 Å². The van der Waals surface area contributed by atoms with Crippen molar-refractivity contribution in [2.75, 3.05) is 26.8 Å². The Hall–Kier alpha value is -2.60. The molecule has 0 spiro atoms. The number of aromatic nitrogens is 2. The highest BCUT2D eigenvalue weighted by atomic mass is 16.5. The minimum atomic E-state index is -0.481. The summed E-state index contributed by atoms with van der Waals surface area (Å²) in [6.07, 6.45) is 8.31. The molecule has 0 unspecified atom stereocenters. The molecule has 6 heteroatoms. The van der Waals surface area contributed by atoms with Crippen molar-refractivity contribution in [3.8, 4) is 5.75 Å². The topological polar surface area (TPSA) is 67.5 Å². The fraction of sp³-hybridized carbons (Fsp3) is 0.368. The molecular weight excluding hydrogens is 318 g/mol. The molecular formula is C19H23N3O3. The number of rotatable bonds is 6. The Morgan fingerprint density at radius 2 is 2.24 bits per heavy atom. The molecule has 132 valence electrons. The van der Waals surface area contributed by atoms with Crippen LogP contribution in [0.4, 0.5) is 0 Å². The Kier molecular flexibility index (Phi) is 5.50. The molecule has 1 atom stereocenters. The number of amides is 1. The predicted molar refractivity (Wildman–Crippen MR) is 95.1 cm³/mol. The molecule has 1 amide bonds. The van der Waals surface area contributed by atoms with E-state index in [2.05, 4.69) is 9.97 Å². The Balaban J connectivity index is 1.62. The molecule has 0 aliphatic carbocycles. The highest BCUT2D eigenvalue weighted by molar-refractivity contribution is 5.91. The lowest BCUT2D eigenvalue weighted by Gasteiger charge is -2.41. The second-order valence-corrected chi connectivity index (χ2v) is 6.19. The van der Waals surface area contributed by atoms with E-state index in [9.17, 15) is 4.79 Å². The monoisotopic (exact) mass is 341 g/mol. The molecule has 1 aliphatic rings. The molecule has 3 rings (SSSR count). The van der Waals surface area contributed by atoms with Crippen molar-refractivity contribution < 1.29 is 14.3 Å². The van der Waals surface area contributed by atoms with Crippen molar-refractivity contribution in [1.29, 1.82) is 0 Å². The minimum absolute atomic E-state index is 0.0320. The fourth-order valence-corrected chi connectivity index (χ4v) is 2.99. The van der Waals surface area contributed by atoms with Gasteiger partial charge in [-0.3, -0.25) is 4.79 Å². The summed E-state index contributed by atoms with van der Waals surface area (Å²) < 4.78 is 11.7. The van der Waals surface area contributed by atoms with Crippen LogP contribution < -0.4 is 4.74 Å². The number of para-hydroxylation sites is 1. The zero-order valence-corrected chi connectivity index (χ0v) is 14.4. The summed E-state index contributed by atoms with van der Waals surface area (Å²) in [5, 5.41) is 0. The van der Waals surface area contributed by atoms with Crippen LogP contribution in [0.25, 0.3) is 6.08 Å². The number of ether oxygens (including phenoxy) is 2. The number of aromatic amines is 1. The van der Waals surface area contributed by atoms with Crippen LogP contribution >= 0.6 is 0 Å². The number of H-pyrrole nitrogens is 1. The van der Waals surface area contributed by atoms with Gasteiger partial charge in [-0.1, -0.05) is 18.2 Å². The fourth-order valence-electron chi connectivity index (χ4n) is 2.99. The van der Waals surface area contributed by atoms with Crippen LogP contribution in [0.2, 0.25) is 0 Å². The Morgan fingerprint density at radius 1 is 1.40 bits per heavy atom. The summed E-state index contributed by atoms with van der Waals surface area (Å²) in [5.74, 6) is 0.775. The number of hydrogen-bond acceptors (Lipinski definition) is 4. The van der Waals surface area contributed by atoms with E-state index in [1.807, 2.05) is 35.2 Å². The van der Waals surface area contributed by atoms with Crippen LogP contribution in [0.5, 0.6) is 5.75 Å². The number of carbonyl (C=O) groups excluding carboxylic acids is 1. The number of likely N-dealkylation sites (tertiary alicyclic amines) is 1. The average molecular weight is 341 g/mol. The minimum Gasteiger partial charge on any atom is -0.491 e. The van der Waals surface area contributed by atoms with Crippen LogP contribution in [-0.2, 0) is 9.53 Å². The molecule has 1 aromatic heterocycles. The summed E-state index contributed by atoms with van der Waals surface area (Å²) in [7, 11) is 1.68. The highest BCUT2D eigenvalue weighted by Crippen LogP contribution is 2.26. The van der Waals surface area contributed by atoms with Crippen LogP contribution in [0.3, 0.4) is 0 Å². The van der Waals surface area contributed by atoms with Crippen molar-refractivity contribution in [3.05, 3.63) is 54.6 Å². The number of piperidine rings is 1. The maximum absolute atomic E-state index is 12.5. The van der Waals surface area contributed by atoms with Gasteiger partial charge in [0, 0.05) is 19.7 Å². The molecule has 1 N–H and O–H groups in total. The number of imidazole rings is 1. The van der Waals surface area contributed by atoms with Crippen LogP contribution in [0.15, 0.2) is 48.9 Å². The van der Waals surface area contributed by atoms with Crippen LogP contribution in [-0.4, -0.2) is 53.2 Å². The first kappa shape index (κ1) is 17.2. The molecule has 2 heterocycles. The van der Waals surface area contributed by atoms with E-state index in [0.29, 0.717) is 13.2 Å². The lowest BCUT2D eigenvalue weighted by molar-refractivity contribution is -0.138. The van der Waals surface area contributed by atoms with Gasteiger partial charge in [-0.15, -0.1) is 0 Å². The van der Waals surface area contributed by atoms with E-state index in [0.717, 1.165) is 30.8 Å². The molecule has 6 nitrogen and oxygen atoms in total. The maximum Gasteiger partial charge on any atom is 0.246 e. The van der Waals surface area contributed by atoms with Gasteiger partial charge in [0.15, 0.2) is 0 Å². The van der Waals surface area contributed by atoms with E-state index in [1.54, 1.807) is 31.8 Å². The van der Waals surface area contributed by atoms with Gasteiger partial charge in [0.05, 0.1) is 24.8 Å². The maximum atomic E-state index is 12.5. The summed E-state index contributed by atoms with van der Waals surface area (Å²) in [4.78, 5) is 21.2. The van der Waals surface area contributed by atoms with E-state index in [4.69, 9.17) is 9.47 Å². The van der Waals surface area contributed by atoms with Gasteiger partial charge in [-0.2, -0.15) is 0 Å². The van der Waals surface area contributed by atoms with Crippen LogP contribution in [0, 0.1) is 0 Å². The zero-order valence-electron chi connectivity index (χ0n) is 14.4. The quantitative estimate of drug-likeness (QED) is 0.820. The third kappa shape index (κ3) is 4.48. The average Bonchev–Trinajstić information content (AvgIpc) is 3.19. The third-order valence-electron chi connectivity index (χ3n) is 4.45. The number of carbonyl (C=O) groups is 1. The van der Waals surface area contributed by atoms with Crippen molar-refractivity contribution >= 4 is 12.0 Å². The molecule has 2 aromatic rings. The van der Waals surface area contributed by atoms with Gasteiger partial charge >= 0.3 is 0 Å². The number of nitrogens with one attached hydrogen (secondary N) is 1. The smallest absolute Gasteiger partial charge is 0.246 e. The van der Waals surface area contributed by atoms with Crippen molar-refractivity contribution in [2.45, 2.75) is 18.4 Å². The third-order valence-corrected chi connectivity index (χ3v) is 4.45. The van der Waals surface area contributed by atoms with E-state index >= 15 is 0 Å². The predicted octanol–water partition coefficient (Wildman–Crippen LogP) is 2.51. The van der Waals surface area contributed by atoms with Gasteiger partial charge in [-0.25, -0.2) is 4.98 Å². The first-order chi connectivity index (χ1) is 12.2. The molecule has 0 radical (unpaired) electrons. The van der Waals surface area contributed by atoms with Gasteiger partial charge in [0.2, 0.25) is 5.91 Å². The first-order valence-corrected chi connectivity index (χ1v) is 8.39. The number of methoxy groups -OCH3 is 1. The van der Waals surface area contributed by atoms with Gasteiger partial charge < -0.3 is 19.4 Å². The van der Waals surface area contributed by atoms with Gasteiger partial charge in [0.1, 0.15) is 18.0 Å². The van der Waals surface area contributed by atoms with Gasteiger partial charge in [0.25, 0.3) is 0 Å². The Morgan fingerprint density at radius 3 is 2.96 bits per heavy atom. The lowest BCUT2D eigenvalue weighted by atomic mass is 9.93.